The summed E-state index contributed by atoms with van der Waals surface area (Å²) in [7, 11) is 1.33. The first-order valence-corrected chi connectivity index (χ1v) is 8.83. The Bertz CT molecular complexity index is 688. The monoisotopic (exact) mass is 393 g/mol. The van der Waals surface area contributed by atoms with Crippen LogP contribution in [-0.2, 0) is 15.3 Å². The van der Waals surface area contributed by atoms with E-state index in [-0.39, 0.29) is 5.91 Å². The maximum Gasteiger partial charge on any atom is 0.337 e. The minimum absolute atomic E-state index is 0.103. The molecule has 0 fully saturated rings. The van der Waals surface area contributed by atoms with Crippen LogP contribution in [0.1, 0.15) is 15.9 Å². The van der Waals surface area contributed by atoms with E-state index in [0.717, 1.165) is 10.2 Å². The summed E-state index contributed by atoms with van der Waals surface area (Å²) in [6.45, 7) is 0. The number of methoxy groups -OCH3 is 1. The summed E-state index contributed by atoms with van der Waals surface area (Å²) in [5.41, 5.74) is 2.16. The number of carbonyl (C=O) groups is 2. The van der Waals surface area contributed by atoms with Crippen molar-refractivity contribution in [2.24, 2.45) is 0 Å². The van der Waals surface area contributed by atoms with Gasteiger partial charge in [0.15, 0.2) is 0 Å². The van der Waals surface area contributed by atoms with Crippen LogP contribution < -0.4 is 5.32 Å². The van der Waals surface area contributed by atoms with Crippen LogP contribution in [-0.4, -0.2) is 24.7 Å². The number of hydrogen-bond donors (Lipinski definition) is 1. The number of hydrogen-bond acceptors (Lipinski definition) is 4. The number of amides is 1. The molecule has 0 aliphatic carbocycles. The third-order valence-corrected chi connectivity index (χ3v) is 4.52. The van der Waals surface area contributed by atoms with E-state index in [1.807, 2.05) is 24.3 Å². The van der Waals surface area contributed by atoms with Crippen LogP contribution in [0.25, 0.3) is 0 Å². The molecule has 0 bridgehead atoms. The Kier molecular flexibility index (Phi) is 6.67. The molecule has 2 aromatic carbocycles. The second kappa shape index (κ2) is 8.74. The van der Waals surface area contributed by atoms with Gasteiger partial charge >= 0.3 is 5.97 Å². The zero-order valence-corrected chi connectivity index (χ0v) is 14.9. The van der Waals surface area contributed by atoms with Crippen molar-refractivity contribution in [1.82, 2.24) is 0 Å². The lowest BCUT2D eigenvalue weighted by Crippen LogP contribution is -2.14. The zero-order chi connectivity index (χ0) is 16.7. The molecule has 4 nitrogen and oxygen atoms in total. The number of anilines is 1. The Morgan fingerprint density at radius 1 is 1.17 bits per heavy atom. The molecule has 0 spiro atoms. The van der Waals surface area contributed by atoms with Crippen LogP contribution in [0.15, 0.2) is 53.0 Å². The molecule has 1 N–H and O–H groups in total. The molecule has 6 heteroatoms. The molecule has 0 heterocycles. The summed E-state index contributed by atoms with van der Waals surface area (Å²) in [5, 5.41) is 2.78. The molecule has 0 unspecified atom stereocenters. The van der Waals surface area contributed by atoms with Gasteiger partial charge in [-0.2, -0.15) is 0 Å². The minimum atomic E-state index is -0.425. The third kappa shape index (κ3) is 5.73. The molecule has 0 saturated heterocycles. The van der Waals surface area contributed by atoms with Crippen molar-refractivity contribution in [3.63, 3.8) is 0 Å². The van der Waals surface area contributed by atoms with Crippen LogP contribution in [0.5, 0.6) is 0 Å². The Labute approximate surface area is 147 Å². The Morgan fingerprint density at radius 3 is 2.61 bits per heavy atom. The van der Waals surface area contributed by atoms with E-state index in [1.165, 1.54) is 24.4 Å². The number of thioether (sulfide) groups is 1. The van der Waals surface area contributed by atoms with Crippen molar-refractivity contribution in [3.8, 4) is 0 Å². The van der Waals surface area contributed by atoms with Crippen molar-refractivity contribution in [1.29, 1.82) is 0 Å². The molecule has 0 aromatic heterocycles. The van der Waals surface area contributed by atoms with Gasteiger partial charge in [0, 0.05) is 15.9 Å². The Hall–Kier alpha value is -1.79. The van der Waals surface area contributed by atoms with Gasteiger partial charge < -0.3 is 10.1 Å². The Balaban J connectivity index is 1.82. The third-order valence-electron chi connectivity index (χ3n) is 2.98. The van der Waals surface area contributed by atoms with E-state index in [9.17, 15) is 9.59 Å². The molecule has 0 atom stereocenters. The fourth-order valence-corrected chi connectivity index (χ4v) is 2.93. The summed E-state index contributed by atoms with van der Waals surface area (Å²) in [6, 6.07) is 14.7. The first kappa shape index (κ1) is 17.6. The van der Waals surface area contributed by atoms with Crippen LogP contribution in [0.4, 0.5) is 5.69 Å². The van der Waals surface area contributed by atoms with Gasteiger partial charge in [0.2, 0.25) is 5.91 Å². The van der Waals surface area contributed by atoms with Gasteiger partial charge in [-0.3, -0.25) is 4.79 Å². The number of rotatable bonds is 6. The van der Waals surface area contributed by atoms with Crippen molar-refractivity contribution in [2.75, 3.05) is 18.2 Å². The van der Waals surface area contributed by atoms with Crippen molar-refractivity contribution in [2.45, 2.75) is 5.75 Å². The lowest BCUT2D eigenvalue weighted by Gasteiger charge is -2.07. The molecule has 0 saturated carbocycles. The standard InChI is InChI=1S/C17H16BrNO3S/c1-22-17(21)13-3-2-4-15(9-13)19-16(20)11-23-10-12-5-7-14(18)8-6-12/h2-9H,10-11H2,1H3,(H,19,20). The number of esters is 1. The average molecular weight is 394 g/mol. The smallest absolute Gasteiger partial charge is 0.337 e. The van der Waals surface area contributed by atoms with E-state index in [4.69, 9.17) is 0 Å². The quantitative estimate of drug-likeness (QED) is 0.750. The highest BCUT2D eigenvalue weighted by molar-refractivity contribution is 9.10. The molecule has 1 amide bonds. The van der Waals surface area contributed by atoms with Crippen molar-refractivity contribution < 1.29 is 14.3 Å². The van der Waals surface area contributed by atoms with Gasteiger partial charge in [0.1, 0.15) is 0 Å². The topological polar surface area (TPSA) is 55.4 Å². The minimum Gasteiger partial charge on any atom is -0.465 e. The van der Waals surface area contributed by atoms with Gasteiger partial charge in [-0.25, -0.2) is 4.79 Å². The summed E-state index contributed by atoms with van der Waals surface area (Å²) < 4.78 is 5.70. The Morgan fingerprint density at radius 2 is 1.91 bits per heavy atom. The van der Waals surface area contributed by atoms with Gasteiger partial charge in [0.25, 0.3) is 0 Å². The summed E-state index contributed by atoms with van der Waals surface area (Å²) in [4.78, 5) is 23.4. The first-order chi connectivity index (χ1) is 11.1. The second-order valence-electron chi connectivity index (χ2n) is 4.74. The number of ether oxygens (including phenoxy) is 1. The molecule has 2 aromatic rings. The molecule has 0 aliphatic heterocycles. The zero-order valence-electron chi connectivity index (χ0n) is 12.5. The number of nitrogens with one attached hydrogen (secondary N) is 1. The summed E-state index contributed by atoms with van der Waals surface area (Å²) >= 11 is 4.93. The average Bonchev–Trinajstić information content (AvgIpc) is 2.56. The van der Waals surface area contributed by atoms with E-state index in [0.29, 0.717) is 17.0 Å². The van der Waals surface area contributed by atoms with Crippen LogP contribution >= 0.6 is 27.7 Å². The van der Waals surface area contributed by atoms with Crippen LogP contribution in [0, 0.1) is 0 Å². The summed E-state index contributed by atoms with van der Waals surface area (Å²) in [5.74, 6) is 0.585. The lowest BCUT2D eigenvalue weighted by atomic mass is 10.2. The van der Waals surface area contributed by atoms with E-state index < -0.39 is 5.97 Å². The highest BCUT2D eigenvalue weighted by atomic mass is 79.9. The first-order valence-electron chi connectivity index (χ1n) is 6.89. The fraction of sp³-hybridized carbons (Fsp3) is 0.176. The fourth-order valence-electron chi connectivity index (χ4n) is 1.88. The van der Waals surface area contributed by atoms with Gasteiger partial charge in [-0.1, -0.05) is 34.1 Å². The van der Waals surface area contributed by atoms with Crippen molar-refractivity contribution >= 4 is 45.3 Å². The maximum absolute atomic E-state index is 12.0. The molecule has 0 radical (unpaired) electrons. The predicted octanol–water partition coefficient (Wildman–Crippen LogP) is 4.11. The van der Waals surface area contributed by atoms with E-state index >= 15 is 0 Å². The lowest BCUT2D eigenvalue weighted by molar-refractivity contribution is -0.113. The molecule has 2 rings (SSSR count). The molecule has 0 aliphatic rings. The van der Waals surface area contributed by atoms with Gasteiger partial charge in [-0.15, -0.1) is 11.8 Å². The number of halogens is 1. The van der Waals surface area contributed by atoms with Crippen LogP contribution in [0.3, 0.4) is 0 Å². The SMILES string of the molecule is COC(=O)c1cccc(NC(=O)CSCc2ccc(Br)cc2)c1. The second-order valence-corrected chi connectivity index (χ2v) is 6.64. The highest BCUT2D eigenvalue weighted by Gasteiger charge is 2.08. The molecule has 23 heavy (non-hydrogen) atoms. The van der Waals surface area contributed by atoms with E-state index in [2.05, 4.69) is 26.0 Å². The van der Waals surface area contributed by atoms with Gasteiger partial charge in [-0.05, 0) is 35.9 Å². The molecular formula is C17H16BrNO3S. The summed E-state index contributed by atoms with van der Waals surface area (Å²) in [6.07, 6.45) is 0. The highest BCUT2D eigenvalue weighted by Crippen LogP contribution is 2.17. The molecular weight excluding hydrogens is 378 g/mol. The maximum atomic E-state index is 12.0. The predicted molar refractivity (Wildman–Crippen MR) is 96.7 cm³/mol. The van der Waals surface area contributed by atoms with Crippen molar-refractivity contribution in [3.05, 3.63) is 64.1 Å². The van der Waals surface area contributed by atoms with Crippen LogP contribution in [0.2, 0.25) is 0 Å². The number of carbonyl (C=O) groups excluding carboxylic acids is 2. The normalized spacial score (nSPS) is 10.2. The van der Waals surface area contributed by atoms with E-state index in [1.54, 1.807) is 24.3 Å². The number of benzene rings is 2. The van der Waals surface area contributed by atoms with Gasteiger partial charge in [0.05, 0.1) is 18.4 Å². The molecule has 120 valence electrons. The largest absolute Gasteiger partial charge is 0.465 e.